The van der Waals surface area contributed by atoms with Crippen molar-refractivity contribution < 1.29 is 14.7 Å². The van der Waals surface area contributed by atoms with Crippen LogP contribution in [0.15, 0.2) is 0 Å². The van der Waals surface area contributed by atoms with Crippen LogP contribution in [0.25, 0.3) is 0 Å². The van der Waals surface area contributed by atoms with Crippen molar-refractivity contribution in [2.75, 3.05) is 6.54 Å². The first-order valence-corrected chi connectivity index (χ1v) is 7.28. The van der Waals surface area contributed by atoms with Gasteiger partial charge in [-0.15, -0.1) is 0 Å². The van der Waals surface area contributed by atoms with E-state index in [2.05, 4.69) is 19.2 Å². The summed E-state index contributed by atoms with van der Waals surface area (Å²) >= 11 is 0. The van der Waals surface area contributed by atoms with E-state index in [4.69, 9.17) is 5.11 Å². The Labute approximate surface area is 114 Å². The first-order chi connectivity index (χ1) is 8.99. The van der Waals surface area contributed by atoms with Gasteiger partial charge in [0.05, 0.1) is 6.42 Å². The summed E-state index contributed by atoms with van der Waals surface area (Å²) < 4.78 is 0. The zero-order valence-electron chi connectivity index (χ0n) is 11.8. The number of likely N-dealkylation sites (tertiary alicyclic amines) is 1. The lowest BCUT2D eigenvalue weighted by atomic mass is 9.92. The first-order valence-electron chi connectivity index (χ1n) is 7.28. The number of amides is 2. The van der Waals surface area contributed by atoms with Gasteiger partial charge in [0.15, 0.2) is 0 Å². The number of carboxylic acid groups (broad SMARTS) is 1. The molecule has 2 fully saturated rings. The Bertz CT molecular complexity index is 355. The van der Waals surface area contributed by atoms with Crippen molar-refractivity contribution in [1.29, 1.82) is 0 Å². The minimum Gasteiger partial charge on any atom is -0.481 e. The molecule has 1 saturated heterocycles. The van der Waals surface area contributed by atoms with E-state index in [-0.39, 0.29) is 24.5 Å². The van der Waals surface area contributed by atoms with E-state index in [0.29, 0.717) is 11.8 Å². The molecule has 1 heterocycles. The molecule has 2 N–H and O–H groups in total. The molecule has 2 aliphatic rings. The second-order valence-corrected chi connectivity index (χ2v) is 6.04. The van der Waals surface area contributed by atoms with Crippen LogP contribution >= 0.6 is 0 Å². The highest BCUT2D eigenvalue weighted by Crippen LogP contribution is 2.34. The Morgan fingerprint density at radius 1 is 1.32 bits per heavy atom. The fourth-order valence-corrected chi connectivity index (χ4v) is 2.89. The normalized spacial score (nSPS) is 28.8. The number of hydrogen-bond donors (Lipinski definition) is 2. The predicted molar refractivity (Wildman–Crippen MR) is 71.9 cm³/mol. The molecule has 0 aromatic heterocycles. The van der Waals surface area contributed by atoms with Crippen LogP contribution in [0.1, 0.15) is 46.0 Å². The summed E-state index contributed by atoms with van der Waals surface area (Å²) in [6, 6.07) is -0.0509. The molecule has 1 saturated carbocycles. The summed E-state index contributed by atoms with van der Waals surface area (Å²) in [4.78, 5) is 25.0. The molecule has 5 nitrogen and oxygen atoms in total. The maximum atomic E-state index is 12.3. The third-order valence-electron chi connectivity index (χ3n) is 4.53. The number of carbonyl (C=O) groups excluding carboxylic acids is 1. The van der Waals surface area contributed by atoms with E-state index >= 15 is 0 Å². The number of urea groups is 1. The molecule has 0 spiro atoms. The number of carboxylic acids is 1. The van der Waals surface area contributed by atoms with Gasteiger partial charge in [-0.1, -0.05) is 6.92 Å². The smallest absolute Gasteiger partial charge is 0.317 e. The SMILES string of the molecule is CC1CCCN(C(=O)NC(CC(=O)O)C2CC2)C1C. The van der Waals surface area contributed by atoms with Crippen LogP contribution in [0.2, 0.25) is 0 Å². The molecule has 2 amide bonds. The molecule has 5 heteroatoms. The van der Waals surface area contributed by atoms with Gasteiger partial charge in [0.25, 0.3) is 0 Å². The summed E-state index contributed by atoms with van der Waals surface area (Å²) in [6.45, 7) is 5.02. The largest absolute Gasteiger partial charge is 0.481 e. The lowest BCUT2D eigenvalue weighted by Crippen LogP contribution is -2.53. The fraction of sp³-hybridized carbons (Fsp3) is 0.857. The quantitative estimate of drug-likeness (QED) is 0.820. The minimum absolute atomic E-state index is 0.0359. The molecule has 1 aliphatic carbocycles. The van der Waals surface area contributed by atoms with Gasteiger partial charge in [-0.05, 0) is 44.4 Å². The second-order valence-electron chi connectivity index (χ2n) is 6.04. The Kier molecular flexibility index (Phi) is 4.32. The van der Waals surface area contributed by atoms with E-state index in [1.165, 1.54) is 0 Å². The summed E-state index contributed by atoms with van der Waals surface area (Å²) in [5.74, 6) is 0.0354. The number of aliphatic carboxylic acids is 1. The summed E-state index contributed by atoms with van der Waals surface area (Å²) in [6.07, 6.45) is 4.29. The van der Waals surface area contributed by atoms with Crippen LogP contribution in [0.5, 0.6) is 0 Å². The summed E-state index contributed by atoms with van der Waals surface area (Å²) in [7, 11) is 0. The Morgan fingerprint density at radius 3 is 2.58 bits per heavy atom. The van der Waals surface area contributed by atoms with Crippen molar-refractivity contribution in [2.24, 2.45) is 11.8 Å². The van der Waals surface area contributed by atoms with E-state index in [0.717, 1.165) is 32.2 Å². The Hall–Kier alpha value is -1.26. The molecule has 0 radical (unpaired) electrons. The lowest BCUT2D eigenvalue weighted by Gasteiger charge is -2.38. The number of hydrogen-bond acceptors (Lipinski definition) is 2. The van der Waals surface area contributed by atoms with Crippen LogP contribution in [0.4, 0.5) is 4.79 Å². The number of carbonyl (C=O) groups is 2. The van der Waals surface area contributed by atoms with Crippen molar-refractivity contribution in [3.8, 4) is 0 Å². The molecule has 2 rings (SSSR count). The summed E-state index contributed by atoms with van der Waals surface area (Å²) in [5, 5.41) is 11.9. The van der Waals surface area contributed by atoms with Gasteiger partial charge in [-0.2, -0.15) is 0 Å². The van der Waals surface area contributed by atoms with Crippen molar-refractivity contribution in [3.05, 3.63) is 0 Å². The molecule has 3 unspecified atom stereocenters. The second kappa shape index (κ2) is 5.80. The highest BCUT2D eigenvalue weighted by molar-refractivity contribution is 5.76. The lowest BCUT2D eigenvalue weighted by molar-refractivity contribution is -0.137. The zero-order valence-corrected chi connectivity index (χ0v) is 11.8. The van der Waals surface area contributed by atoms with Gasteiger partial charge in [0.1, 0.15) is 0 Å². The van der Waals surface area contributed by atoms with E-state index < -0.39 is 5.97 Å². The van der Waals surface area contributed by atoms with Gasteiger partial charge in [-0.3, -0.25) is 4.79 Å². The molecule has 3 atom stereocenters. The van der Waals surface area contributed by atoms with E-state index in [1.807, 2.05) is 4.90 Å². The number of nitrogens with zero attached hydrogens (tertiary/aromatic N) is 1. The predicted octanol–water partition coefficient (Wildman–Crippen LogP) is 2.07. The van der Waals surface area contributed by atoms with Crippen LogP contribution in [0, 0.1) is 11.8 Å². The van der Waals surface area contributed by atoms with E-state index in [9.17, 15) is 9.59 Å². The Balaban J connectivity index is 1.92. The zero-order chi connectivity index (χ0) is 14.0. The maximum absolute atomic E-state index is 12.3. The van der Waals surface area contributed by atoms with Crippen molar-refractivity contribution in [3.63, 3.8) is 0 Å². The summed E-state index contributed by atoms with van der Waals surface area (Å²) in [5.41, 5.74) is 0. The van der Waals surface area contributed by atoms with Crippen molar-refractivity contribution in [1.82, 2.24) is 10.2 Å². The Morgan fingerprint density at radius 2 is 2.00 bits per heavy atom. The topological polar surface area (TPSA) is 69.6 Å². The molecule has 108 valence electrons. The van der Waals surface area contributed by atoms with Crippen LogP contribution in [-0.4, -0.2) is 40.6 Å². The molecule has 0 aromatic carbocycles. The molecule has 0 aromatic rings. The fourth-order valence-electron chi connectivity index (χ4n) is 2.89. The maximum Gasteiger partial charge on any atom is 0.317 e. The van der Waals surface area contributed by atoms with Crippen LogP contribution in [0.3, 0.4) is 0 Å². The van der Waals surface area contributed by atoms with Gasteiger partial charge in [0.2, 0.25) is 0 Å². The molecular weight excluding hydrogens is 244 g/mol. The first kappa shape index (κ1) is 14.2. The molecular formula is C14H24N2O3. The standard InChI is InChI=1S/C14H24N2O3/c1-9-4-3-7-16(10(9)2)14(19)15-12(8-13(17)18)11-5-6-11/h9-12H,3-8H2,1-2H3,(H,15,19)(H,17,18). The van der Waals surface area contributed by atoms with Crippen molar-refractivity contribution >= 4 is 12.0 Å². The van der Waals surface area contributed by atoms with Gasteiger partial charge >= 0.3 is 12.0 Å². The average Bonchev–Trinajstić information content (AvgIpc) is 3.15. The third-order valence-corrected chi connectivity index (χ3v) is 4.53. The van der Waals surface area contributed by atoms with Gasteiger partial charge < -0.3 is 15.3 Å². The number of piperidine rings is 1. The van der Waals surface area contributed by atoms with Gasteiger partial charge in [-0.25, -0.2) is 4.79 Å². The highest BCUT2D eigenvalue weighted by atomic mass is 16.4. The van der Waals surface area contributed by atoms with E-state index in [1.54, 1.807) is 0 Å². The average molecular weight is 268 g/mol. The van der Waals surface area contributed by atoms with Gasteiger partial charge in [0, 0.05) is 18.6 Å². The molecule has 19 heavy (non-hydrogen) atoms. The third kappa shape index (κ3) is 3.61. The molecule has 0 bridgehead atoms. The monoisotopic (exact) mass is 268 g/mol. The number of nitrogens with one attached hydrogen (secondary N) is 1. The van der Waals surface area contributed by atoms with Crippen molar-refractivity contribution in [2.45, 2.75) is 58.0 Å². The molecule has 1 aliphatic heterocycles. The van der Waals surface area contributed by atoms with Crippen LogP contribution < -0.4 is 5.32 Å². The number of rotatable bonds is 4. The minimum atomic E-state index is -0.836. The highest BCUT2D eigenvalue weighted by Gasteiger charge is 2.36. The van der Waals surface area contributed by atoms with Crippen LogP contribution in [-0.2, 0) is 4.79 Å².